The number of fused-ring (bicyclic) bond motifs is 7. The lowest BCUT2D eigenvalue weighted by Crippen LogP contribution is -1.71. The third-order valence-corrected chi connectivity index (χ3v) is 4.52. The first-order valence-electron chi connectivity index (χ1n) is 7.47. The summed E-state index contributed by atoms with van der Waals surface area (Å²) in [5, 5.41) is 4.52. The zero-order chi connectivity index (χ0) is 14.8. The molecule has 5 rings (SSSR count). The molecule has 3 aromatic carbocycles. The molecule has 2 nitrogen and oxygen atoms in total. The van der Waals surface area contributed by atoms with Crippen LogP contribution in [0.2, 0.25) is 0 Å². The summed E-state index contributed by atoms with van der Waals surface area (Å²) in [7, 11) is 0. The van der Waals surface area contributed by atoms with Gasteiger partial charge in [-0.05, 0) is 37.1 Å². The van der Waals surface area contributed by atoms with Crippen LogP contribution < -0.4 is 0 Å². The van der Waals surface area contributed by atoms with Gasteiger partial charge in [0, 0.05) is 21.5 Å². The molecule has 0 saturated heterocycles. The lowest BCUT2D eigenvalue weighted by molar-refractivity contribution is 0.630. The van der Waals surface area contributed by atoms with Gasteiger partial charge in [-0.3, -0.25) is 0 Å². The molecule has 0 aliphatic rings. The highest BCUT2D eigenvalue weighted by molar-refractivity contribution is 6.19. The van der Waals surface area contributed by atoms with Gasteiger partial charge in [-0.15, -0.1) is 0 Å². The van der Waals surface area contributed by atoms with Crippen LogP contribution in [-0.4, -0.2) is 0 Å². The van der Waals surface area contributed by atoms with Gasteiger partial charge in [-0.1, -0.05) is 36.4 Å². The highest BCUT2D eigenvalue weighted by Crippen LogP contribution is 2.39. The first-order chi connectivity index (χ1) is 10.7. The van der Waals surface area contributed by atoms with Gasteiger partial charge in [-0.25, -0.2) is 0 Å². The lowest BCUT2D eigenvalue weighted by Gasteiger charge is -1.92. The molecule has 0 bridgehead atoms. The molecule has 0 unspecified atom stereocenters. The van der Waals surface area contributed by atoms with Crippen molar-refractivity contribution in [3.05, 3.63) is 59.7 Å². The van der Waals surface area contributed by atoms with Crippen molar-refractivity contribution >= 4 is 43.9 Å². The van der Waals surface area contributed by atoms with E-state index in [-0.39, 0.29) is 0 Å². The van der Waals surface area contributed by atoms with Gasteiger partial charge < -0.3 is 8.83 Å². The van der Waals surface area contributed by atoms with Crippen molar-refractivity contribution in [3.8, 4) is 0 Å². The Hall–Kier alpha value is -2.74. The van der Waals surface area contributed by atoms with Crippen molar-refractivity contribution in [1.82, 2.24) is 0 Å². The maximum absolute atomic E-state index is 6.17. The van der Waals surface area contributed by atoms with Crippen LogP contribution in [0.4, 0.5) is 0 Å². The van der Waals surface area contributed by atoms with E-state index in [0.29, 0.717) is 0 Å². The average Bonchev–Trinajstić information content (AvgIpc) is 3.07. The molecule has 0 spiro atoms. The maximum Gasteiger partial charge on any atom is 0.178 e. The molecule has 0 fully saturated rings. The van der Waals surface area contributed by atoms with Crippen LogP contribution >= 0.6 is 0 Å². The van der Waals surface area contributed by atoms with Crippen LogP contribution in [-0.2, 0) is 0 Å². The third kappa shape index (κ3) is 1.34. The molecule has 0 saturated carbocycles. The standard InChI is InChI=1S/C20H14O2/c1-11-5-3-7-13-15-9-10-16-14-8-4-6-12(2)18(14)22-20(16)19(15)21-17(11)13/h3-10H,1-2H3. The fourth-order valence-electron chi connectivity index (χ4n) is 3.39. The minimum atomic E-state index is 0.845. The second-order valence-electron chi connectivity index (χ2n) is 5.93. The summed E-state index contributed by atoms with van der Waals surface area (Å²) in [5.41, 5.74) is 5.88. The maximum atomic E-state index is 6.17. The van der Waals surface area contributed by atoms with Crippen molar-refractivity contribution in [2.45, 2.75) is 13.8 Å². The lowest BCUT2D eigenvalue weighted by atomic mass is 10.1. The molecule has 106 valence electrons. The minimum absolute atomic E-state index is 0.845. The molecular weight excluding hydrogens is 272 g/mol. The van der Waals surface area contributed by atoms with Crippen LogP contribution in [0.5, 0.6) is 0 Å². The van der Waals surface area contributed by atoms with Crippen LogP contribution in [0.15, 0.2) is 57.4 Å². The summed E-state index contributed by atoms with van der Waals surface area (Å²) in [6, 6.07) is 16.8. The topological polar surface area (TPSA) is 26.3 Å². The van der Waals surface area contributed by atoms with Gasteiger partial charge in [0.15, 0.2) is 11.2 Å². The summed E-state index contributed by atoms with van der Waals surface area (Å²) >= 11 is 0. The van der Waals surface area contributed by atoms with Crippen molar-refractivity contribution in [1.29, 1.82) is 0 Å². The van der Waals surface area contributed by atoms with Gasteiger partial charge in [-0.2, -0.15) is 0 Å². The normalized spacial score (nSPS) is 12.1. The molecule has 0 aliphatic carbocycles. The summed E-state index contributed by atoms with van der Waals surface area (Å²) in [6.07, 6.45) is 0. The number of hydrogen-bond acceptors (Lipinski definition) is 2. The van der Waals surface area contributed by atoms with Gasteiger partial charge in [0.05, 0.1) is 0 Å². The molecule has 0 radical (unpaired) electrons. The Morgan fingerprint density at radius 1 is 0.500 bits per heavy atom. The number of para-hydroxylation sites is 2. The number of furan rings is 2. The highest BCUT2D eigenvalue weighted by atomic mass is 16.4. The zero-order valence-corrected chi connectivity index (χ0v) is 12.4. The summed E-state index contributed by atoms with van der Waals surface area (Å²) in [4.78, 5) is 0. The van der Waals surface area contributed by atoms with Crippen molar-refractivity contribution < 1.29 is 8.83 Å². The van der Waals surface area contributed by atoms with E-state index < -0.39 is 0 Å². The molecule has 2 heteroatoms. The predicted molar refractivity (Wildman–Crippen MR) is 90.5 cm³/mol. The van der Waals surface area contributed by atoms with Gasteiger partial charge in [0.25, 0.3) is 0 Å². The van der Waals surface area contributed by atoms with E-state index >= 15 is 0 Å². The molecule has 0 amide bonds. The predicted octanol–water partition coefficient (Wildman–Crippen LogP) is 6.10. The molecule has 0 atom stereocenters. The Morgan fingerprint density at radius 2 is 0.909 bits per heavy atom. The minimum Gasteiger partial charge on any atom is -0.452 e. The fourth-order valence-corrected chi connectivity index (χ4v) is 3.39. The number of rotatable bonds is 0. The van der Waals surface area contributed by atoms with Crippen LogP contribution in [0.3, 0.4) is 0 Å². The number of hydrogen-bond donors (Lipinski definition) is 0. The van der Waals surface area contributed by atoms with E-state index in [2.05, 4.69) is 62.4 Å². The first-order valence-corrected chi connectivity index (χ1v) is 7.47. The average molecular weight is 286 g/mol. The molecule has 0 N–H and O–H groups in total. The van der Waals surface area contributed by atoms with Gasteiger partial charge in [0.1, 0.15) is 11.2 Å². The van der Waals surface area contributed by atoms with Gasteiger partial charge >= 0.3 is 0 Å². The van der Waals surface area contributed by atoms with E-state index in [1.807, 2.05) is 0 Å². The molecule has 5 aromatic rings. The van der Waals surface area contributed by atoms with Crippen LogP contribution in [0.1, 0.15) is 11.1 Å². The van der Waals surface area contributed by atoms with E-state index in [4.69, 9.17) is 8.83 Å². The number of benzene rings is 3. The van der Waals surface area contributed by atoms with E-state index in [1.54, 1.807) is 0 Å². The zero-order valence-electron chi connectivity index (χ0n) is 12.4. The summed E-state index contributed by atoms with van der Waals surface area (Å²) in [5.74, 6) is 0. The van der Waals surface area contributed by atoms with Crippen LogP contribution in [0.25, 0.3) is 43.9 Å². The Kier molecular flexibility index (Phi) is 2.11. The monoisotopic (exact) mass is 286 g/mol. The third-order valence-electron chi connectivity index (χ3n) is 4.52. The molecule has 2 aromatic heterocycles. The largest absolute Gasteiger partial charge is 0.452 e. The number of aryl methyl sites for hydroxylation is 2. The Bertz CT molecular complexity index is 1090. The van der Waals surface area contributed by atoms with Crippen molar-refractivity contribution in [2.24, 2.45) is 0 Å². The molecule has 22 heavy (non-hydrogen) atoms. The first kappa shape index (κ1) is 11.9. The van der Waals surface area contributed by atoms with Crippen molar-refractivity contribution in [3.63, 3.8) is 0 Å². The highest BCUT2D eigenvalue weighted by Gasteiger charge is 2.16. The Labute approximate surface area is 126 Å². The van der Waals surface area contributed by atoms with E-state index in [0.717, 1.165) is 55.0 Å². The summed E-state index contributed by atoms with van der Waals surface area (Å²) in [6.45, 7) is 4.15. The SMILES string of the molecule is Cc1cccc2c1oc1c2ccc2c3cccc(C)c3oc21. The van der Waals surface area contributed by atoms with Gasteiger partial charge in [0.2, 0.25) is 0 Å². The Balaban J connectivity index is 2.08. The molecule has 2 heterocycles. The quantitative estimate of drug-likeness (QED) is 0.343. The van der Waals surface area contributed by atoms with Crippen LogP contribution in [0, 0.1) is 13.8 Å². The second kappa shape index (κ2) is 3.92. The molecule has 0 aliphatic heterocycles. The summed E-state index contributed by atoms with van der Waals surface area (Å²) < 4.78 is 12.3. The smallest absolute Gasteiger partial charge is 0.178 e. The molecular formula is C20H14O2. The fraction of sp³-hybridized carbons (Fsp3) is 0.100. The second-order valence-corrected chi connectivity index (χ2v) is 5.93. The van der Waals surface area contributed by atoms with E-state index in [1.165, 1.54) is 0 Å². The van der Waals surface area contributed by atoms with Crippen molar-refractivity contribution in [2.75, 3.05) is 0 Å². The van der Waals surface area contributed by atoms with E-state index in [9.17, 15) is 0 Å². The Morgan fingerprint density at radius 3 is 1.36 bits per heavy atom.